The third-order valence-corrected chi connectivity index (χ3v) is 4.86. The van der Waals surface area contributed by atoms with Gasteiger partial charge in [0.05, 0.1) is 25.4 Å². The third-order valence-electron chi connectivity index (χ3n) is 4.86. The van der Waals surface area contributed by atoms with Gasteiger partial charge in [-0.2, -0.15) is 0 Å². The van der Waals surface area contributed by atoms with Crippen LogP contribution in [0.2, 0.25) is 0 Å². The molecule has 3 atom stereocenters. The first-order valence-electron chi connectivity index (χ1n) is 8.40. The molecule has 126 valence electrons. The fraction of sp³-hybridized carbons (Fsp3) is 0.611. The number of hydrogen-bond donors (Lipinski definition) is 1. The van der Waals surface area contributed by atoms with Crippen LogP contribution < -0.4 is 4.74 Å². The van der Waals surface area contributed by atoms with E-state index in [1.807, 2.05) is 36.1 Å². The van der Waals surface area contributed by atoms with Gasteiger partial charge in [-0.1, -0.05) is 18.6 Å². The number of aryl methyl sites for hydroxylation is 1. The Balaban J connectivity index is 1.62. The Bertz CT molecular complexity index is 548. The van der Waals surface area contributed by atoms with E-state index in [2.05, 4.69) is 0 Å². The molecule has 3 rings (SSSR count). The number of benzene rings is 1. The summed E-state index contributed by atoms with van der Waals surface area (Å²) in [5.41, 5.74) is 1.10. The van der Waals surface area contributed by atoms with Gasteiger partial charge in [-0.3, -0.25) is 4.79 Å². The molecule has 2 aliphatic rings. The maximum Gasteiger partial charge on any atom is 0.260 e. The van der Waals surface area contributed by atoms with Gasteiger partial charge < -0.3 is 19.5 Å². The monoisotopic (exact) mass is 319 g/mol. The van der Waals surface area contributed by atoms with Gasteiger partial charge in [0.2, 0.25) is 0 Å². The standard InChI is InChI=1S/C18H25NO4/c1-13-4-2-5-14(10-13)23-12-18(21)19-8-9-22-11-16(19)15-6-3-7-17(15)20/h2,4-5,10,15-17,20H,3,6-9,11-12H2,1H3/t15-,16+,17+/m0/s1. The topological polar surface area (TPSA) is 59.0 Å². The molecule has 1 N–H and O–H groups in total. The van der Waals surface area contributed by atoms with Crippen molar-refractivity contribution in [2.75, 3.05) is 26.4 Å². The lowest BCUT2D eigenvalue weighted by Gasteiger charge is -2.40. The number of hydrogen-bond acceptors (Lipinski definition) is 4. The first-order chi connectivity index (χ1) is 11.1. The average Bonchev–Trinajstić information content (AvgIpc) is 2.98. The third kappa shape index (κ3) is 3.85. The lowest BCUT2D eigenvalue weighted by atomic mass is 9.94. The zero-order chi connectivity index (χ0) is 16.2. The fourth-order valence-corrected chi connectivity index (χ4v) is 3.64. The quantitative estimate of drug-likeness (QED) is 0.919. The maximum absolute atomic E-state index is 12.6. The van der Waals surface area contributed by atoms with Crippen LogP contribution >= 0.6 is 0 Å². The summed E-state index contributed by atoms with van der Waals surface area (Å²) in [5, 5.41) is 10.2. The second-order valence-electron chi connectivity index (χ2n) is 6.50. The van der Waals surface area contributed by atoms with Crippen LogP contribution in [-0.4, -0.2) is 54.4 Å². The Labute approximate surface area is 137 Å². The average molecular weight is 319 g/mol. The van der Waals surface area contributed by atoms with Gasteiger partial charge in [-0.25, -0.2) is 0 Å². The van der Waals surface area contributed by atoms with Gasteiger partial charge in [-0.15, -0.1) is 0 Å². The van der Waals surface area contributed by atoms with Crippen LogP contribution in [-0.2, 0) is 9.53 Å². The van der Waals surface area contributed by atoms with Gasteiger partial charge in [0, 0.05) is 12.5 Å². The lowest BCUT2D eigenvalue weighted by Crippen LogP contribution is -2.54. The smallest absolute Gasteiger partial charge is 0.260 e. The number of rotatable bonds is 4. The molecule has 1 heterocycles. The summed E-state index contributed by atoms with van der Waals surface area (Å²) in [5.74, 6) is 0.807. The highest BCUT2D eigenvalue weighted by Gasteiger charge is 2.39. The zero-order valence-electron chi connectivity index (χ0n) is 13.6. The van der Waals surface area contributed by atoms with Crippen molar-refractivity contribution in [3.8, 4) is 5.75 Å². The van der Waals surface area contributed by atoms with Crippen molar-refractivity contribution in [1.29, 1.82) is 0 Å². The van der Waals surface area contributed by atoms with Crippen molar-refractivity contribution >= 4 is 5.91 Å². The van der Waals surface area contributed by atoms with E-state index in [0.717, 1.165) is 24.8 Å². The maximum atomic E-state index is 12.6. The predicted octanol–water partition coefficient (Wildman–Crippen LogP) is 1.76. The number of aliphatic hydroxyl groups is 1. The van der Waals surface area contributed by atoms with Gasteiger partial charge in [0.1, 0.15) is 5.75 Å². The number of morpholine rings is 1. The molecule has 0 aromatic heterocycles. The minimum absolute atomic E-state index is 0.0288. The first-order valence-corrected chi connectivity index (χ1v) is 8.40. The summed E-state index contributed by atoms with van der Waals surface area (Å²) in [6, 6.07) is 7.66. The minimum Gasteiger partial charge on any atom is -0.484 e. The second-order valence-corrected chi connectivity index (χ2v) is 6.50. The van der Waals surface area contributed by atoms with Crippen LogP contribution in [0.3, 0.4) is 0 Å². The molecule has 5 nitrogen and oxygen atoms in total. The molecule has 2 fully saturated rings. The van der Waals surface area contributed by atoms with E-state index >= 15 is 0 Å². The largest absolute Gasteiger partial charge is 0.484 e. The van der Waals surface area contributed by atoms with Crippen LogP contribution in [0.1, 0.15) is 24.8 Å². The van der Waals surface area contributed by atoms with E-state index in [9.17, 15) is 9.90 Å². The van der Waals surface area contributed by atoms with Crippen molar-refractivity contribution < 1.29 is 19.4 Å². The van der Waals surface area contributed by atoms with E-state index in [1.54, 1.807) is 0 Å². The molecule has 0 spiro atoms. The molecule has 1 saturated carbocycles. The van der Waals surface area contributed by atoms with Crippen molar-refractivity contribution in [2.24, 2.45) is 5.92 Å². The Morgan fingerprint density at radius 3 is 3.04 bits per heavy atom. The van der Waals surface area contributed by atoms with Gasteiger partial charge in [-0.05, 0) is 37.5 Å². The summed E-state index contributed by atoms with van der Waals surface area (Å²) < 4.78 is 11.2. The molecule has 0 radical (unpaired) electrons. The molecule has 1 amide bonds. The van der Waals surface area contributed by atoms with Crippen LogP contribution in [0.25, 0.3) is 0 Å². The molecule has 1 aliphatic carbocycles. The summed E-state index contributed by atoms with van der Waals surface area (Å²) in [7, 11) is 0. The van der Waals surface area contributed by atoms with Crippen LogP contribution in [0.5, 0.6) is 5.75 Å². The van der Waals surface area contributed by atoms with Gasteiger partial charge in [0.25, 0.3) is 5.91 Å². The number of carbonyl (C=O) groups excluding carboxylic acids is 1. The van der Waals surface area contributed by atoms with Crippen molar-refractivity contribution in [2.45, 2.75) is 38.3 Å². The number of carbonyl (C=O) groups is 1. The van der Waals surface area contributed by atoms with Crippen LogP contribution in [0.4, 0.5) is 0 Å². The first kappa shape index (κ1) is 16.3. The van der Waals surface area contributed by atoms with Crippen LogP contribution in [0, 0.1) is 12.8 Å². The molecule has 1 aromatic carbocycles. The predicted molar refractivity (Wildman–Crippen MR) is 86.3 cm³/mol. The van der Waals surface area contributed by atoms with Crippen LogP contribution in [0.15, 0.2) is 24.3 Å². The van der Waals surface area contributed by atoms with E-state index in [-0.39, 0.29) is 30.6 Å². The van der Waals surface area contributed by atoms with Gasteiger partial charge in [0.15, 0.2) is 6.61 Å². The van der Waals surface area contributed by atoms with Gasteiger partial charge >= 0.3 is 0 Å². The minimum atomic E-state index is -0.324. The highest BCUT2D eigenvalue weighted by atomic mass is 16.5. The number of aliphatic hydroxyl groups excluding tert-OH is 1. The Hall–Kier alpha value is -1.59. The molecule has 0 bridgehead atoms. The second kappa shape index (κ2) is 7.32. The summed E-state index contributed by atoms with van der Waals surface area (Å²) in [4.78, 5) is 14.4. The Morgan fingerprint density at radius 2 is 2.30 bits per heavy atom. The van der Waals surface area contributed by atoms with E-state index in [0.29, 0.717) is 25.5 Å². The molecule has 5 heteroatoms. The Kier molecular flexibility index (Phi) is 5.18. The van der Waals surface area contributed by atoms with Crippen molar-refractivity contribution in [3.63, 3.8) is 0 Å². The highest BCUT2D eigenvalue weighted by molar-refractivity contribution is 5.78. The number of nitrogens with zero attached hydrogens (tertiary/aromatic N) is 1. The lowest BCUT2D eigenvalue weighted by molar-refractivity contribution is -0.146. The molecule has 1 saturated heterocycles. The van der Waals surface area contributed by atoms with E-state index in [4.69, 9.17) is 9.47 Å². The summed E-state index contributed by atoms with van der Waals surface area (Å²) >= 11 is 0. The fourth-order valence-electron chi connectivity index (χ4n) is 3.64. The molecular weight excluding hydrogens is 294 g/mol. The number of ether oxygens (including phenoxy) is 2. The highest BCUT2D eigenvalue weighted by Crippen LogP contribution is 2.32. The van der Waals surface area contributed by atoms with Crippen molar-refractivity contribution in [1.82, 2.24) is 4.90 Å². The number of amides is 1. The zero-order valence-corrected chi connectivity index (χ0v) is 13.6. The molecule has 0 unspecified atom stereocenters. The summed E-state index contributed by atoms with van der Waals surface area (Å²) in [6.07, 6.45) is 2.47. The SMILES string of the molecule is Cc1cccc(OCC(=O)N2CCOC[C@@H]2[C@@H]2CCC[C@H]2O)c1. The molecule has 23 heavy (non-hydrogen) atoms. The van der Waals surface area contributed by atoms with E-state index < -0.39 is 0 Å². The molecule has 1 aromatic rings. The van der Waals surface area contributed by atoms with E-state index in [1.165, 1.54) is 0 Å². The van der Waals surface area contributed by atoms with Crippen molar-refractivity contribution in [3.05, 3.63) is 29.8 Å². The Morgan fingerprint density at radius 1 is 1.43 bits per heavy atom. The normalized spacial score (nSPS) is 27.9. The molecule has 1 aliphatic heterocycles. The molecular formula is C18H25NO4. The summed E-state index contributed by atoms with van der Waals surface area (Å²) in [6.45, 7) is 3.66.